The summed E-state index contributed by atoms with van der Waals surface area (Å²) in [7, 11) is 0. The Kier molecular flexibility index (Phi) is 4.92. The van der Waals surface area contributed by atoms with E-state index in [1.807, 2.05) is 0 Å². The maximum atomic E-state index is 3.90. The SMILES string of the molecule is CC(C)(C)Nc1cccc(CC(C)(C)NC2Cc3ccccc3C2)c1. The van der Waals surface area contributed by atoms with E-state index in [1.165, 1.54) is 22.4 Å². The minimum atomic E-state index is 0.0765. The first-order valence-corrected chi connectivity index (χ1v) is 9.42. The molecule has 2 heteroatoms. The second-order valence-corrected chi connectivity index (χ2v) is 9.15. The minimum Gasteiger partial charge on any atom is -0.380 e. The van der Waals surface area contributed by atoms with Gasteiger partial charge in [-0.2, -0.15) is 0 Å². The van der Waals surface area contributed by atoms with Gasteiger partial charge in [-0.25, -0.2) is 0 Å². The topological polar surface area (TPSA) is 24.1 Å². The second kappa shape index (κ2) is 6.84. The molecule has 0 aliphatic heterocycles. The van der Waals surface area contributed by atoms with Crippen molar-refractivity contribution in [1.29, 1.82) is 0 Å². The molecule has 2 aromatic rings. The van der Waals surface area contributed by atoms with Gasteiger partial charge in [-0.3, -0.25) is 0 Å². The Balaban J connectivity index is 1.63. The lowest BCUT2D eigenvalue weighted by Crippen LogP contribution is -2.47. The lowest BCUT2D eigenvalue weighted by molar-refractivity contribution is 0.335. The van der Waals surface area contributed by atoms with Crippen molar-refractivity contribution in [3.05, 3.63) is 65.2 Å². The van der Waals surface area contributed by atoms with Crippen LogP contribution in [-0.2, 0) is 19.3 Å². The van der Waals surface area contributed by atoms with E-state index in [1.54, 1.807) is 0 Å². The van der Waals surface area contributed by atoms with Crippen molar-refractivity contribution in [3.8, 4) is 0 Å². The summed E-state index contributed by atoms with van der Waals surface area (Å²) in [5.74, 6) is 0. The lowest BCUT2D eigenvalue weighted by Gasteiger charge is -2.31. The molecule has 2 N–H and O–H groups in total. The van der Waals surface area contributed by atoms with Crippen LogP contribution in [0.1, 0.15) is 51.3 Å². The van der Waals surface area contributed by atoms with Crippen LogP contribution < -0.4 is 10.6 Å². The molecular formula is C23H32N2. The number of anilines is 1. The third-order valence-corrected chi connectivity index (χ3v) is 4.74. The third kappa shape index (κ3) is 5.09. The molecule has 2 aromatic carbocycles. The van der Waals surface area contributed by atoms with Crippen LogP contribution in [0, 0.1) is 0 Å². The molecule has 0 atom stereocenters. The molecule has 0 unspecified atom stereocenters. The van der Waals surface area contributed by atoms with Crippen LogP contribution in [0.3, 0.4) is 0 Å². The lowest BCUT2D eigenvalue weighted by atomic mass is 9.93. The van der Waals surface area contributed by atoms with Crippen LogP contribution >= 0.6 is 0 Å². The van der Waals surface area contributed by atoms with Crippen molar-refractivity contribution in [2.24, 2.45) is 0 Å². The zero-order valence-corrected chi connectivity index (χ0v) is 16.3. The van der Waals surface area contributed by atoms with Crippen LogP contribution in [0.15, 0.2) is 48.5 Å². The van der Waals surface area contributed by atoms with E-state index in [2.05, 4.69) is 93.8 Å². The van der Waals surface area contributed by atoms with Crippen molar-refractivity contribution in [2.45, 2.75) is 71.0 Å². The zero-order chi connectivity index (χ0) is 18.1. The van der Waals surface area contributed by atoms with Gasteiger partial charge in [0.1, 0.15) is 0 Å². The summed E-state index contributed by atoms with van der Waals surface area (Å²) in [6, 6.07) is 18.2. The maximum Gasteiger partial charge on any atom is 0.0346 e. The van der Waals surface area contributed by atoms with E-state index < -0.39 is 0 Å². The molecule has 0 saturated carbocycles. The molecule has 0 aromatic heterocycles. The highest BCUT2D eigenvalue weighted by Crippen LogP contribution is 2.25. The van der Waals surface area contributed by atoms with E-state index >= 15 is 0 Å². The quantitative estimate of drug-likeness (QED) is 0.805. The van der Waals surface area contributed by atoms with Crippen molar-refractivity contribution in [3.63, 3.8) is 0 Å². The molecule has 0 heterocycles. The largest absolute Gasteiger partial charge is 0.380 e. The summed E-state index contributed by atoms with van der Waals surface area (Å²) in [5.41, 5.74) is 5.76. The van der Waals surface area contributed by atoms with E-state index in [0.29, 0.717) is 6.04 Å². The fourth-order valence-corrected chi connectivity index (χ4v) is 3.97. The first kappa shape index (κ1) is 18.0. The number of hydrogen-bond acceptors (Lipinski definition) is 2. The normalized spacial score (nSPS) is 15.2. The predicted molar refractivity (Wildman–Crippen MR) is 108 cm³/mol. The molecule has 25 heavy (non-hydrogen) atoms. The first-order valence-electron chi connectivity index (χ1n) is 9.42. The van der Waals surface area contributed by atoms with Gasteiger partial charge in [-0.15, -0.1) is 0 Å². The summed E-state index contributed by atoms with van der Waals surface area (Å²) in [6.45, 7) is 11.2. The van der Waals surface area contributed by atoms with Gasteiger partial charge in [0, 0.05) is 22.8 Å². The van der Waals surface area contributed by atoms with Crippen LogP contribution in [-0.4, -0.2) is 17.1 Å². The summed E-state index contributed by atoms with van der Waals surface area (Å²) >= 11 is 0. The molecule has 3 rings (SSSR count). The summed E-state index contributed by atoms with van der Waals surface area (Å²) < 4.78 is 0. The van der Waals surface area contributed by atoms with Gasteiger partial charge in [-0.05, 0) is 82.7 Å². The molecule has 1 aliphatic carbocycles. The van der Waals surface area contributed by atoms with Crippen molar-refractivity contribution in [2.75, 3.05) is 5.32 Å². The number of nitrogens with one attached hydrogen (secondary N) is 2. The number of rotatable bonds is 5. The average molecular weight is 337 g/mol. The molecule has 0 bridgehead atoms. The standard InChI is InChI=1S/C23H32N2/c1-22(2,3)24-20-12-8-9-17(13-20)16-23(4,5)25-21-14-18-10-6-7-11-19(18)15-21/h6-13,21,24-25H,14-16H2,1-5H3. The van der Waals surface area contributed by atoms with Gasteiger partial charge in [0.25, 0.3) is 0 Å². The Hall–Kier alpha value is -1.80. The van der Waals surface area contributed by atoms with Gasteiger partial charge >= 0.3 is 0 Å². The highest BCUT2D eigenvalue weighted by Gasteiger charge is 2.27. The Bertz CT molecular complexity index is 700. The summed E-state index contributed by atoms with van der Waals surface area (Å²) in [6.07, 6.45) is 3.32. The van der Waals surface area contributed by atoms with E-state index in [0.717, 1.165) is 19.3 Å². The van der Waals surface area contributed by atoms with Gasteiger partial charge in [0.2, 0.25) is 0 Å². The Morgan fingerprint density at radius 2 is 1.52 bits per heavy atom. The van der Waals surface area contributed by atoms with Crippen LogP contribution in [0.25, 0.3) is 0 Å². The zero-order valence-electron chi connectivity index (χ0n) is 16.3. The summed E-state index contributed by atoms with van der Waals surface area (Å²) in [5, 5.41) is 7.47. The smallest absolute Gasteiger partial charge is 0.0346 e. The van der Waals surface area contributed by atoms with Crippen molar-refractivity contribution in [1.82, 2.24) is 5.32 Å². The van der Waals surface area contributed by atoms with E-state index in [9.17, 15) is 0 Å². The molecule has 134 valence electrons. The Morgan fingerprint density at radius 1 is 0.880 bits per heavy atom. The van der Waals surface area contributed by atoms with Gasteiger partial charge < -0.3 is 10.6 Å². The predicted octanol–water partition coefficient (Wildman–Crippen LogP) is 4.98. The van der Waals surface area contributed by atoms with Gasteiger partial charge in [-0.1, -0.05) is 36.4 Å². The Labute approximate surface area is 153 Å². The fourth-order valence-electron chi connectivity index (χ4n) is 3.97. The summed E-state index contributed by atoms with van der Waals surface area (Å²) in [4.78, 5) is 0. The molecule has 1 aliphatic rings. The van der Waals surface area contributed by atoms with Crippen LogP contribution in [0.2, 0.25) is 0 Å². The third-order valence-electron chi connectivity index (χ3n) is 4.74. The van der Waals surface area contributed by atoms with Gasteiger partial charge in [0.15, 0.2) is 0 Å². The molecule has 2 nitrogen and oxygen atoms in total. The molecule has 0 radical (unpaired) electrons. The van der Waals surface area contributed by atoms with E-state index in [-0.39, 0.29) is 11.1 Å². The first-order chi connectivity index (χ1) is 11.7. The molecule has 0 fully saturated rings. The Morgan fingerprint density at radius 3 is 2.12 bits per heavy atom. The monoisotopic (exact) mass is 336 g/mol. The highest BCUT2D eigenvalue weighted by atomic mass is 15.0. The van der Waals surface area contributed by atoms with Crippen LogP contribution in [0.4, 0.5) is 5.69 Å². The maximum absolute atomic E-state index is 3.90. The van der Waals surface area contributed by atoms with Crippen molar-refractivity contribution >= 4 is 5.69 Å². The number of hydrogen-bond donors (Lipinski definition) is 2. The second-order valence-electron chi connectivity index (χ2n) is 9.15. The molecule has 0 spiro atoms. The number of benzene rings is 2. The molecule has 0 saturated heterocycles. The van der Waals surface area contributed by atoms with Gasteiger partial charge in [0.05, 0.1) is 0 Å². The average Bonchev–Trinajstić information content (AvgIpc) is 2.86. The highest BCUT2D eigenvalue weighted by molar-refractivity contribution is 5.47. The minimum absolute atomic E-state index is 0.0765. The van der Waals surface area contributed by atoms with E-state index in [4.69, 9.17) is 0 Å². The molecule has 0 amide bonds. The number of fused-ring (bicyclic) bond motifs is 1. The fraction of sp³-hybridized carbons (Fsp3) is 0.478. The van der Waals surface area contributed by atoms with Crippen LogP contribution in [0.5, 0.6) is 0 Å². The molecular weight excluding hydrogens is 304 g/mol. The van der Waals surface area contributed by atoms with Crippen molar-refractivity contribution < 1.29 is 0 Å².